The second kappa shape index (κ2) is 5.80. The largest absolute Gasteiger partial charge is 0.381 e. The van der Waals surface area contributed by atoms with Crippen LogP contribution in [0.15, 0.2) is 54.7 Å². The van der Waals surface area contributed by atoms with Crippen LogP contribution in [0.2, 0.25) is 0 Å². The molecule has 3 heteroatoms. The first-order valence-electron chi connectivity index (χ1n) is 6.74. The smallest absolute Gasteiger partial charge is 0.0733 e. The number of anilines is 1. The van der Waals surface area contributed by atoms with Gasteiger partial charge in [-0.1, -0.05) is 36.4 Å². The predicted octanol–water partition coefficient (Wildman–Crippen LogP) is 3.93. The van der Waals surface area contributed by atoms with Crippen LogP contribution in [0.25, 0.3) is 10.9 Å². The second-order valence-electron chi connectivity index (χ2n) is 4.80. The number of hydrogen-bond acceptors (Lipinski definition) is 2. The number of rotatable bonds is 5. The van der Waals surface area contributed by atoms with Gasteiger partial charge in [-0.05, 0) is 23.1 Å². The fourth-order valence-electron chi connectivity index (χ4n) is 2.46. The van der Waals surface area contributed by atoms with E-state index in [0.717, 1.165) is 12.2 Å². The number of benzene rings is 2. The summed E-state index contributed by atoms with van der Waals surface area (Å²) in [4.78, 5) is 3.30. The van der Waals surface area contributed by atoms with Gasteiger partial charge in [0.25, 0.3) is 0 Å². The van der Waals surface area contributed by atoms with E-state index in [1.807, 2.05) is 18.3 Å². The third-order valence-electron chi connectivity index (χ3n) is 3.46. The summed E-state index contributed by atoms with van der Waals surface area (Å²) in [5, 5.41) is 4.74. The van der Waals surface area contributed by atoms with Crippen LogP contribution >= 0.6 is 0 Å². The lowest BCUT2D eigenvalue weighted by Crippen LogP contribution is -2.03. The molecule has 0 bridgehead atoms. The van der Waals surface area contributed by atoms with Gasteiger partial charge in [0.05, 0.1) is 12.1 Å². The summed E-state index contributed by atoms with van der Waals surface area (Å²) in [6.07, 6.45) is 1.98. The Morgan fingerprint density at radius 3 is 2.75 bits per heavy atom. The molecule has 0 aliphatic heterocycles. The molecule has 0 unspecified atom stereocenters. The summed E-state index contributed by atoms with van der Waals surface area (Å²) in [6.45, 7) is 1.41. The molecule has 3 aromatic rings. The van der Waals surface area contributed by atoms with Gasteiger partial charge < -0.3 is 15.0 Å². The highest BCUT2D eigenvalue weighted by atomic mass is 16.5. The second-order valence-corrected chi connectivity index (χ2v) is 4.80. The average Bonchev–Trinajstić information content (AvgIpc) is 2.96. The average molecular weight is 266 g/mol. The molecule has 2 N–H and O–H groups in total. The maximum absolute atomic E-state index is 5.23. The Balaban J connectivity index is 1.81. The molecule has 0 saturated carbocycles. The van der Waals surface area contributed by atoms with Crippen molar-refractivity contribution >= 4 is 16.6 Å². The number of aromatic amines is 1. The molecule has 0 saturated heterocycles. The SMILES string of the molecule is COCc1ccccc1NCc1cccc2cc[nH]c12. The molecule has 0 radical (unpaired) electrons. The number of methoxy groups -OCH3 is 1. The first kappa shape index (κ1) is 12.8. The van der Waals surface area contributed by atoms with E-state index in [1.165, 1.54) is 22.0 Å². The highest BCUT2D eigenvalue weighted by Crippen LogP contribution is 2.20. The van der Waals surface area contributed by atoms with Crippen molar-refractivity contribution in [3.05, 3.63) is 65.9 Å². The first-order chi connectivity index (χ1) is 9.88. The van der Waals surface area contributed by atoms with Crippen molar-refractivity contribution < 1.29 is 4.74 Å². The van der Waals surface area contributed by atoms with Crippen molar-refractivity contribution in [1.82, 2.24) is 4.98 Å². The molecule has 3 nitrogen and oxygen atoms in total. The molecule has 0 amide bonds. The number of nitrogens with one attached hydrogen (secondary N) is 2. The topological polar surface area (TPSA) is 37.0 Å². The molecule has 0 spiro atoms. The van der Waals surface area contributed by atoms with Crippen LogP contribution in [-0.4, -0.2) is 12.1 Å². The van der Waals surface area contributed by atoms with Crippen molar-refractivity contribution in [2.24, 2.45) is 0 Å². The van der Waals surface area contributed by atoms with E-state index in [1.54, 1.807) is 7.11 Å². The number of aromatic nitrogens is 1. The van der Waals surface area contributed by atoms with Crippen LogP contribution < -0.4 is 5.32 Å². The Hall–Kier alpha value is -2.26. The van der Waals surface area contributed by atoms with Gasteiger partial charge in [0.1, 0.15) is 0 Å². The molecular weight excluding hydrogens is 248 g/mol. The Morgan fingerprint density at radius 2 is 1.85 bits per heavy atom. The molecule has 2 aromatic carbocycles. The monoisotopic (exact) mass is 266 g/mol. The molecule has 0 atom stereocenters. The van der Waals surface area contributed by atoms with Gasteiger partial charge >= 0.3 is 0 Å². The van der Waals surface area contributed by atoms with Crippen molar-refractivity contribution in [3.63, 3.8) is 0 Å². The van der Waals surface area contributed by atoms with Crippen LogP contribution in [0, 0.1) is 0 Å². The maximum Gasteiger partial charge on any atom is 0.0733 e. The van der Waals surface area contributed by atoms with Gasteiger partial charge in [0.2, 0.25) is 0 Å². The van der Waals surface area contributed by atoms with Gasteiger partial charge in [-0.25, -0.2) is 0 Å². The Labute approximate surface area is 118 Å². The minimum Gasteiger partial charge on any atom is -0.381 e. The zero-order chi connectivity index (χ0) is 13.8. The Morgan fingerprint density at radius 1 is 1.00 bits per heavy atom. The van der Waals surface area contributed by atoms with E-state index in [9.17, 15) is 0 Å². The van der Waals surface area contributed by atoms with Crippen LogP contribution in [0.5, 0.6) is 0 Å². The molecule has 3 rings (SSSR count). The third kappa shape index (κ3) is 2.53. The van der Waals surface area contributed by atoms with Crippen LogP contribution in [0.4, 0.5) is 5.69 Å². The highest BCUT2D eigenvalue weighted by Gasteiger charge is 2.04. The van der Waals surface area contributed by atoms with Crippen molar-refractivity contribution in [3.8, 4) is 0 Å². The molecule has 20 heavy (non-hydrogen) atoms. The zero-order valence-electron chi connectivity index (χ0n) is 11.5. The maximum atomic E-state index is 5.23. The van der Waals surface area contributed by atoms with Crippen molar-refractivity contribution in [2.45, 2.75) is 13.2 Å². The van der Waals surface area contributed by atoms with Gasteiger partial charge in [0, 0.05) is 31.1 Å². The first-order valence-corrected chi connectivity index (χ1v) is 6.74. The fraction of sp³-hybridized carbons (Fsp3) is 0.176. The van der Waals surface area contributed by atoms with E-state index >= 15 is 0 Å². The minimum absolute atomic E-state index is 0.621. The molecule has 1 aromatic heterocycles. The number of H-pyrrole nitrogens is 1. The lowest BCUT2D eigenvalue weighted by molar-refractivity contribution is 0.185. The molecular formula is C17H18N2O. The van der Waals surface area contributed by atoms with Gasteiger partial charge in [-0.15, -0.1) is 0 Å². The van der Waals surface area contributed by atoms with Crippen LogP contribution in [0.3, 0.4) is 0 Å². The quantitative estimate of drug-likeness (QED) is 0.734. The summed E-state index contributed by atoms with van der Waals surface area (Å²) in [5.74, 6) is 0. The summed E-state index contributed by atoms with van der Waals surface area (Å²) in [5.41, 5.74) is 4.76. The summed E-state index contributed by atoms with van der Waals surface area (Å²) in [7, 11) is 1.72. The van der Waals surface area contributed by atoms with Gasteiger partial charge in [-0.3, -0.25) is 0 Å². The molecule has 0 fully saturated rings. The molecule has 0 aliphatic carbocycles. The van der Waals surface area contributed by atoms with Crippen LogP contribution in [-0.2, 0) is 17.9 Å². The van der Waals surface area contributed by atoms with Crippen molar-refractivity contribution in [2.75, 3.05) is 12.4 Å². The van der Waals surface area contributed by atoms with E-state index in [4.69, 9.17) is 4.74 Å². The van der Waals surface area contributed by atoms with E-state index in [2.05, 4.69) is 46.7 Å². The third-order valence-corrected chi connectivity index (χ3v) is 3.46. The van der Waals surface area contributed by atoms with Gasteiger partial charge in [0.15, 0.2) is 0 Å². The summed E-state index contributed by atoms with van der Waals surface area (Å²) >= 11 is 0. The number of hydrogen-bond donors (Lipinski definition) is 2. The normalized spacial score (nSPS) is 10.8. The fourth-order valence-corrected chi connectivity index (χ4v) is 2.46. The Kier molecular flexibility index (Phi) is 3.70. The van der Waals surface area contributed by atoms with E-state index in [0.29, 0.717) is 6.61 Å². The lowest BCUT2D eigenvalue weighted by atomic mass is 10.1. The number of para-hydroxylation sites is 2. The van der Waals surface area contributed by atoms with Crippen molar-refractivity contribution in [1.29, 1.82) is 0 Å². The lowest BCUT2D eigenvalue weighted by Gasteiger charge is -2.12. The van der Waals surface area contributed by atoms with E-state index in [-0.39, 0.29) is 0 Å². The number of ether oxygens (including phenoxy) is 1. The predicted molar refractivity (Wildman–Crippen MR) is 82.8 cm³/mol. The molecule has 1 heterocycles. The molecule has 0 aliphatic rings. The zero-order valence-corrected chi connectivity index (χ0v) is 11.5. The molecule has 102 valence electrons. The minimum atomic E-state index is 0.621. The van der Waals surface area contributed by atoms with Crippen LogP contribution in [0.1, 0.15) is 11.1 Å². The number of fused-ring (bicyclic) bond motifs is 1. The summed E-state index contributed by atoms with van der Waals surface area (Å²) in [6, 6.07) is 16.7. The summed E-state index contributed by atoms with van der Waals surface area (Å²) < 4.78 is 5.23. The van der Waals surface area contributed by atoms with E-state index < -0.39 is 0 Å². The highest BCUT2D eigenvalue weighted by molar-refractivity contribution is 5.82. The van der Waals surface area contributed by atoms with Gasteiger partial charge in [-0.2, -0.15) is 0 Å². The standard InChI is InChI=1S/C17H18N2O/c1-20-12-15-5-2-3-8-16(15)19-11-14-7-4-6-13-9-10-18-17(13)14/h2-10,18-19H,11-12H2,1H3. The Bertz CT molecular complexity index is 703.